The third-order valence-electron chi connectivity index (χ3n) is 5.79. The van der Waals surface area contributed by atoms with Gasteiger partial charge in [0, 0.05) is 12.7 Å². The lowest BCUT2D eigenvalue weighted by molar-refractivity contribution is -0.00275. The quantitative estimate of drug-likeness (QED) is 0.815. The summed E-state index contributed by atoms with van der Waals surface area (Å²) in [5.74, 6) is 5.01. The first kappa shape index (κ1) is 10.9. The Kier molecular flexibility index (Phi) is 2.43. The molecule has 0 saturated heterocycles. The fourth-order valence-electron chi connectivity index (χ4n) is 5.37. The Morgan fingerprint density at radius 1 is 0.944 bits per heavy atom. The minimum Gasteiger partial charge on any atom is -0.388 e. The number of hydrogen-bond donors (Lipinski definition) is 1. The molecule has 4 aliphatic carbocycles. The Morgan fingerprint density at radius 3 is 2.22 bits per heavy atom. The lowest BCUT2D eigenvalue weighted by Crippen LogP contribution is -2.43. The zero-order valence-electron chi connectivity index (χ0n) is 11.2. The van der Waals surface area contributed by atoms with E-state index in [2.05, 4.69) is 29.6 Å². The molecule has 18 heavy (non-hydrogen) atoms. The van der Waals surface area contributed by atoms with E-state index >= 15 is 0 Å². The van der Waals surface area contributed by atoms with Gasteiger partial charge < -0.3 is 5.32 Å². The van der Waals surface area contributed by atoms with E-state index in [1.165, 1.54) is 31.4 Å². The molecule has 96 valence electrons. The summed E-state index contributed by atoms with van der Waals surface area (Å²) >= 11 is 0. The van der Waals surface area contributed by atoms with Crippen molar-refractivity contribution in [2.45, 2.75) is 38.0 Å². The van der Waals surface area contributed by atoms with Crippen molar-refractivity contribution in [3.63, 3.8) is 0 Å². The summed E-state index contributed by atoms with van der Waals surface area (Å²) in [6, 6.07) is 9.17. The van der Waals surface area contributed by atoms with Crippen LogP contribution in [0.4, 0.5) is 5.69 Å². The second-order valence-corrected chi connectivity index (χ2v) is 6.83. The summed E-state index contributed by atoms with van der Waals surface area (Å²) in [6.07, 6.45) is 7.61. The standard InChI is InChI=1S/C17H23N/c1-18-16-4-2-3-13(10-16)17-14-6-11-5-12(8-14)9-15(17)7-11/h2-4,10-12,14-15,17-18H,5-9H2,1H3. The van der Waals surface area contributed by atoms with Crippen LogP contribution < -0.4 is 5.32 Å². The number of rotatable bonds is 2. The molecule has 0 unspecified atom stereocenters. The second-order valence-electron chi connectivity index (χ2n) is 6.83. The Morgan fingerprint density at radius 2 is 1.61 bits per heavy atom. The van der Waals surface area contributed by atoms with Crippen LogP contribution in [0.15, 0.2) is 24.3 Å². The highest BCUT2D eigenvalue weighted by molar-refractivity contribution is 5.46. The summed E-state index contributed by atoms with van der Waals surface area (Å²) in [7, 11) is 2.02. The van der Waals surface area contributed by atoms with Gasteiger partial charge in [-0.05, 0) is 79.4 Å². The van der Waals surface area contributed by atoms with Gasteiger partial charge in [0.25, 0.3) is 0 Å². The van der Waals surface area contributed by atoms with E-state index in [9.17, 15) is 0 Å². The molecule has 0 radical (unpaired) electrons. The van der Waals surface area contributed by atoms with Crippen molar-refractivity contribution >= 4 is 5.69 Å². The molecular weight excluding hydrogens is 218 g/mol. The molecule has 1 N–H and O–H groups in total. The maximum atomic E-state index is 3.29. The van der Waals surface area contributed by atoms with E-state index in [0.717, 1.165) is 29.6 Å². The second kappa shape index (κ2) is 4.01. The average Bonchev–Trinajstić information content (AvgIpc) is 2.38. The maximum absolute atomic E-state index is 3.29. The Balaban J connectivity index is 1.68. The minimum absolute atomic E-state index is 0.867. The molecule has 4 bridgehead atoms. The smallest absolute Gasteiger partial charge is 0.0340 e. The van der Waals surface area contributed by atoms with E-state index in [-0.39, 0.29) is 0 Å². The van der Waals surface area contributed by atoms with Crippen LogP contribution in [0.25, 0.3) is 0 Å². The molecule has 4 fully saturated rings. The Labute approximate surface area is 110 Å². The van der Waals surface area contributed by atoms with Gasteiger partial charge in [-0.25, -0.2) is 0 Å². The summed E-state index contributed by atoms with van der Waals surface area (Å²) in [5.41, 5.74) is 2.89. The lowest BCUT2D eigenvalue weighted by Gasteiger charge is -2.54. The Hall–Kier alpha value is -0.980. The van der Waals surface area contributed by atoms with Gasteiger partial charge in [0.05, 0.1) is 0 Å². The molecule has 0 atom stereocenters. The molecule has 1 aromatic carbocycles. The lowest BCUT2D eigenvalue weighted by atomic mass is 9.51. The largest absolute Gasteiger partial charge is 0.388 e. The van der Waals surface area contributed by atoms with Crippen molar-refractivity contribution in [3.05, 3.63) is 29.8 Å². The molecule has 1 heteroatoms. The van der Waals surface area contributed by atoms with E-state index in [0.29, 0.717) is 0 Å². The molecule has 4 aliphatic rings. The van der Waals surface area contributed by atoms with Gasteiger partial charge in [-0.15, -0.1) is 0 Å². The van der Waals surface area contributed by atoms with Gasteiger partial charge in [0.15, 0.2) is 0 Å². The first-order valence-electron chi connectivity index (χ1n) is 7.61. The molecular formula is C17H23N. The third-order valence-corrected chi connectivity index (χ3v) is 5.79. The Bertz CT molecular complexity index is 423. The van der Waals surface area contributed by atoms with Crippen LogP contribution in [0, 0.1) is 23.7 Å². The van der Waals surface area contributed by atoms with Gasteiger partial charge in [0.2, 0.25) is 0 Å². The summed E-state index contributed by atoms with van der Waals surface area (Å²) in [6.45, 7) is 0. The maximum Gasteiger partial charge on any atom is 0.0340 e. The number of hydrogen-bond acceptors (Lipinski definition) is 1. The van der Waals surface area contributed by atoms with Crippen molar-refractivity contribution in [3.8, 4) is 0 Å². The van der Waals surface area contributed by atoms with Gasteiger partial charge in [-0.3, -0.25) is 0 Å². The topological polar surface area (TPSA) is 12.0 Å². The van der Waals surface area contributed by atoms with Gasteiger partial charge >= 0.3 is 0 Å². The average molecular weight is 241 g/mol. The molecule has 0 aliphatic heterocycles. The van der Waals surface area contributed by atoms with E-state index in [4.69, 9.17) is 0 Å². The van der Waals surface area contributed by atoms with Crippen LogP contribution in [0.2, 0.25) is 0 Å². The molecule has 0 spiro atoms. The fraction of sp³-hybridized carbons (Fsp3) is 0.647. The fourth-order valence-corrected chi connectivity index (χ4v) is 5.37. The van der Waals surface area contributed by atoms with Crippen molar-refractivity contribution in [2.75, 3.05) is 12.4 Å². The first-order valence-corrected chi connectivity index (χ1v) is 7.61. The molecule has 0 aromatic heterocycles. The number of nitrogens with one attached hydrogen (secondary N) is 1. The van der Waals surface area contributed by atoms with Crippen LogP contribution in [-0.2, 0) is 0 Å². The minimum atomic E-state index is 0.867. The molecule has 0 amide bonds. The van der Waals surface area contributed by atoms with E-state index in [1.54, 1.807) is 12.0 Å². The van der Waals surface area contributed by atoms with Crippen LogP contribution in [-0.4, -0.2) is 7.05 Å². The van der Waals surface area contributed by atoms with Crippen LogP contribution in [0.1, 0.15) is 43.6 Å². The van der Waals surface area contributed by atoms with Crippen molar-refractivity contribution in [1.82, 2.24) is 0 Å². The van der Waals surface area contributed by atoms with Crippen molar-refractivity contribution < 1.29 is 0 Å². The monoisotopic (exact) mass is 241 g/mol. The van der Waals surface area contributed by atoms with Crippen molar-refractivity contribution in [2.24, 2.45) is 23.7 Å². The summed E-state index contributed by atoms with van der Waals surface area (Å²) in [5, 5.41) is 3.29. The molecule has 0 heterocycles. The predicted molar refractivity (Wildman–Crippen MR) is 75.8 cm³/mol. The highest BCUT2D eigenvalue weighted by Crippen LogP contribution is 2.59. The predicted octanol–water partition coefficient (Wildman–Crippen LogP) is 4.27. The van der Waals surface area contributed by atoms with Gasteiger partial charge in [-0.2, -0.15) is 0 Å². The van der Waals surface area contributed by atoms with E-state index in [1.807, 2.05) is 7.05 Å². The first-order chi connectivity index (χ1) is 8.83. The summed E-state index contributed by atoms with van der Waals surface area (Å²) < 4.78 is 0. The molecule has 1 nitrogen and oxygen atoms in total. The molecule has 1 aromatic rings. The van der Waals surface area contributed by atoms with Crippen LogP contribution >= 0.6 is 0 Å². The zero-order valence-corrected chi connectivity index (χ0v) is 11.2. The molecule has 5 rings (SSSR count). The van der Waals surface area contributed by atoms with Crippen molar-refractivity contribution in [1.29, 1.82) is 0 Å². The highest BCUT2D eigenvalue weighted by atomic mass is 14.8. The van der Waals surface area contributed by atoms with E-state index < -0.39 is 0 Å². The van der Waals surface area contributed by atoms with Crippen LogP contribution in [0.5, 0.6) is 0 Å². The van der Waals surface area contributed by atoms with Gasteiger partial charge in [-0.1, -0.05) is 12.1 Å². The SMILES string of the molecule is CNc1cccc(C2C3CC4CC(C3)CC2C4)c1. The normalized spacial score (nSPS) is 41.1. The number of anilines is 1. The van der Waals surface area contributed by atoms with Crippen LogP contribution in [0.3, 0.4) is 0 Å². The molecule has 4 saturated carbocycles. The third kappa shape index (κ3) is 1.60. The van der Waals surface area contributed by atoms with Gasteiger partial charge in [0.1, 0.15) is 0 Å². The zero-order chi connectivity index (χ0) is 12.1. The number of benzene rings is 1. The highest BCUT2D eigenvalue weighted by Gasteiger charge is 2.48. The summed E-state index contributed by atoms with van der Waals surface area (Å²) in [4.78, 5) is 0.